The van der Waals surface area contributed by atoms with Gasteiger partial charge in [-0.3, -0.25) is 0 Å². The summed E-state index contributed by atoms with van der Waals surface area (Å²) in [6.45, 7) is 8.90. The molecule has 0 fully saturated rings. The van der Waals surface area contributed by atoms with Crippen LogP contribution in [0.25, 0.3) is 0 Å². The SMILES string of the molecule is CCNc1nc(NC(C)(C)C(C)(C)O)c(F)cc1F. The van der Waals surface area contributed by atoms with Gasteiger partial charge in [0.1, 0.15) is 0 Å². The standard InChI is InChI=1S/C13H21F2N3O/c1-6-16-10-8(14)7-9(15)11(17-10)18-12(2,3)13(4,5)19/h7,19H,6H2,1-5H3,(H2,16,17,18). The summed E-state index contributed by atoms with van der Waals surface area (Å²) in [7, 11) is 0. The first kappa shape index (κ1) is 15.6. The van der Waals surface area contributed by atoms with Crippen LogP contribution >= 0.6 is 0 Å². The van der Waals surface area contributed by atoms with Gasteiger partial charge in [-0.05, 0) is 34.6 Å². The van der Waals surface area contributed by atoms with E-state index in [1.165, 1.54) is 0 Å². The highest BCUT2D eigenvalue weighted by Gasteiger charge is 2.36. The van der Waals surface area contributed by atoms with Crippen molar-refractivity contribution in [2.45, 2.75) is 45.8 Å². The first-order valence-electron chi connectivity index (χ1n) is 6.19. The number of halogens is 2. The zero-order valence-corrected chi connectivity index (χ0v) is 11.9. The molecule has 0 spiro atoms. The number of aliphatic hydroxyl groups is 1. The van der Waals surface area contributed by atoms with Gasteiger partial charge in [-0.15, -0.1) is 0 Å². The van der Waals surface area contributed by atoms with E-state index in [1.54, 1.807) is 34.6 Å². The summed E-state index contributed by atoms with van der Waals surface area (Å²) in [5, 5.41) is 15.5. The lowest BCUT2D eigenvalue weighted by atomic mass is 9.86. The van der Waals surface area contributed by atoms with Crippen LogP contribution in [0.15, 0.2) is 6.07 Å². The zero-order valence-electron chi connectivity index (χ0n) is 11.9. The molecular weight excluding hydrogens is 252 g/mol. The number of nitrogens with zero attached hydrogens (tertiary/aromatic N) is 1. The number of pyridine rings is 1. The van der Waals surface area contributed by atoms with Crippen LogP contribution in [0.5, 0.6) is 0 Å². The lowest BCUT2D eigenvalue weighted by Crippen LogP contribution is -2.51. The number of hydrogen-bond donors (Lipinski definition) is 3. The third kappa shape index (κ3) is 3.53. The fourth-order valence-corrected chi connectivity index (χ4v) is 1.29. The Balaban J connectivity index is 3.11. The van der Waals surface area contributed by atoms with Gasteiger partial charge in [-0.2, -0.15) is 0 Å². The lowest BCUT2D eigenvalue weighted by Gasteiger charge is -2.38. The van der Waals surface area contributed by atoms with Crippen molar-refractivity contribution in [2.24, 2.45) is 0 Å². The van der Waals surface area contributed by atoms with E-state index in [4.69, 9.17) is 0 Å². The quantitative estimate of drug-likeness (QED) is 0.772. The topological polar surface area (TPSA) is 57.2 Å². The average molecular weight is 273 g/mol. The summed E-state index contributed by atoms with van der Waals surface area (Å²) in [5.74, 6) is -1.65. The third-order valence-electron chi connectivity index (χ3n) is 3.23. The minimum atomic E-state index is -1.10. The minimum absolute atomic E-state index is 0.0158. The van der Waals surface area contributed by atoms with Gasteiger partial charge < -0.3 is 15.7 Å². The van der Waals surface area contributed by atoms with Gasteiger partial charge in [0.2, 0.25) is 0 Å². The zero-order chi connectivity index (χ0) is 14.8. The van der Waals surface area contributed by atoms with Crippen molar-refractivity contribution in [3.63, 3.8) is 0 Å². The molecule has 1 aromatic heterocycles. The van der Waals surface area contributed by atoms with Gasteiger partial charge in [0.05, 0.1) is 11.1 Å². The van der Waals surface area contributed by atoms with Crippen LogP contribution in [0.3, 0.4) is 0 Å². The van der Waals surface area contributed by atoms with E-state index >= 15 is 0 Å². The predicted molar refractivity (Wildman–Crippen MR) is 72.3 cm³/mol. The molecule has 0 radical (unpaired) electrons. The Labute approximate surface area is 112 Å². The molecule has 0 unspecified atom stereocenters. The highest BCUT2D eigenvalue weighted by atomic mass is 19.1. The number of hydrogen-bond acceptors (Lipinski definition) is 4. The molecule has 6 heteroatoms. The Bertz CT molecular complexity index is 456. The molecule has 0 aliphatic rings. The largest absolute Gasteiger partial charge is 0.388 e. The summed E-state index contributed by atoms with van der Waals surface area (Å²) in [6, 6.07) is 0.772. The Morgan fingerprint density at radius 1 is 1.16 bits per heavy atom. The van der Waals surface area contributed by atoms with Gasteiger partial charge in [-0.1, -0.05) is 0 Å². The number of aromatic nitrogens is 1. The minimum Gasteiger partial charge on any atom is -0.388 e. The molecule has 1 rings (SSSR count). The number of anilines is 2. The number of nitrogens with one attached hydrogen (secondary N) is 2. The molecule has 0 bridgehead atoms. The van der Waals surface area contributed by atoms with Crippen LogP contribution in [0.1, 0.15) is 34.6 Å². The Kier molecular flexibility index (Phi) is 4.35. The van der Waals surface area contributed by atoms with E-state index < -0.39 is 22.8 Å². The maximum atomic E-state index is 13.7. The van der Waals surface area contributed by atoms with Crippen molar-refractivity contribution in [1.82, 2.24) is 4.98 Å². The molecule has 1 heterocycles. The van der Waals surface area contributed by atoms with Gasteiger partial charge in [0, 0.05) is 12.6 Å². The monoisotopic (exact) mass is 273 g/mol. The molecule has 0 saturated heterocycles. The van der Waals surface area contributed by atoms with E-state index in [0.717, 1.165) is 6.07 Å². The summed E-state index contributed by atoms with van der Waals surface area (Å²) >= 11 is 0. The molecule has 1 aromatic rings. The van der Waals surface area contributed by atoms with E-state index in [0.29, 0.717) is 6.54 Å². The summed E-state index contributed by atoms with van der Waals surface area (Å²) in [6.07, 6.45) is 0. The van der Waals surface area contributed by atoms with Gasteiger partial charge in [0.15, 0.2) is 23.3 Å². The first-order chi connectivity index (χ1) is 8.58. The predicted octanol–water partition coefficient (Wildman–Crippen LogP) is 2.75. The van der Waals surface area contributed by atoms with E-state index in [1.807, 2.05) is 0 Å². The van der Waals surface area contributed by atoms with Gasteiger partial charge in [-0.25, -0.2) is 13.8 Å². The van der Waals surface area contributed by atoms with Gasteiger partial charge >= 0.3 is 0 Å². The van der Waals surface area contributed by atoms with Crippen molar-refractivity contribution in [2.75, 3.05) is 17.2 Å². The van der Waals surface area contributed by atoms with Crippen LogP contribution in [0, 0.1) is 11.6 Å². The van der Waals surface area contributed by atoms with Crippen molar-refractivity contribution in [1.29, 1.82) is 0 Å². The summed E-state index contributed by atoms with van der Waals surface area (Å²) in [5.41, 5.74) is -1.93. The van der Waals surface area contributed by atoms with Crippen molar-refractivity contribution >= 4 is 11.6 Å². The fraction of sp³-hybridized carbons (Fsp3) is 0.615. The highest BCUT2D eigenvalue weighted by Crippen LogP contribution is 2.27. The molecule has 19 heavy (non-hydrogen) atoms. The summed E-state index contributed by atoms with van der Waals surface area (Å²) in [4.78, 5) is 3.88. The maximum Gasteiger partial charge on any atom is 0.168 e. The van der Waals surface area contributed by atoms with E-state index in [-0.39, 0.29) is 11.6 Å². The molecule has 0 aromatic carbocycles. The van der Waals surface area contributed by atoms with Crippen molar-refractivity contribution < 1.29 is 13.9 Å². The Hall–Kier alpha value is -1.43. The van der Waals surface area contributed by atoms with Crippen LogP contribution in [0.2, 0.25) is 0 Å². The average Bonchev–Trinajstić information content (AvgIpc) is 2.23. The second kappa shape index (κ2) is 5.28. The molecule has 0 aliphatic heterocycles. The van der Waals surface area contributed by atoms with E-state index in [2.05, 4.69) is 15.6 Å². The van der Waals surface area contributed by atoms with Crippen molar-refractivity contribution in [3.8, 4) is 0 Å². The molecule has 0 saturated carbocycles. The second-order valence-corrected chi connectivity index (χ2v) is 5.49. The number of rotatable bonds is 5. The van der Waals surface area contributed by atoms with Crippen molar-refractivity contribution in [3.05, 3.63) is 17.7 Å². The molecule has 108 valence electrons. The molecule has 0 atom stereocenters. The van der Waals surface area contributed by atoms with Crippen LogP contribution in [0.4, 0.5) is 20.4 Å². The normalized spacial score (nSPS) is 12.4. The van der Waals surface area contributed by atoms with Crippen LogP contribution in [-0.2, 0) is 0 Å². The Morgan fingerprint density at radius 3 is 2.16 bits per heavy atom. The molecule has 0 aliphatic carbocycles. The van der Waals surface area contributed by atoms with Gasteiger partial charge in [0.25, 0.3) is 0 Å². The fourth-order valence-electron chi connectivity index (χ4n) is 1.29. The maximum absolute atomic E-state index is 13.7. The Morgan fingerprint density at radius 2 is 1.68 bits per heavy atom. The van der Waals surface area contributed by atoms with Crippen LogP contribution < -0.4 is 10.6 Å². The smallest absolute Gasteiger partial charge is 0.168 e. The first-order valence-corrected chi connectivity index (χ1v) is 6.19. The molecule has 0 amide bonds. The van der Waals surface area contributed by atoms with Crippen LogP contribution in [-0.4, -0.2) is 27.8 Å². The molecular formula is C13H21F2N3O. The lowest BCUT2D eigenvalue weighted by molar-refractivity contribution is 0.0237. The summed E-state index contributed by atoms with van der Waals surface area (Å²) < 4.78 is 27.2. The van der Waals surface area contributed by atoms with E-state index in [9.17, 15) is 13.9 Å². The highest BCUT2D eigenvalue weighted by molar-refractivity contribution is 5.49. The second-order valence-electron chi connectivity index (χ2n) is 5.49. The third-order valence-corrected chi connectivity index (χ3v) is 3.23. The molecule has 4 nitrogen and oxygen atoms in total. The molecule has 3 N–H and O–H groups in total.